The zero-order valence-electron chi connectivity index (χ0n) is 12.3. The van der Waals surface area contributed by atoms with Gasteiger partial charge in [-0.15, -0.1) is 0 Å². The van der Waals surface area contributed by atoms with Gasteiger partial charge in [-0.05, 0) is 25.0 Å². The van der Waals surface area contributed by atoms with Gasteiger partial charge in [-0.3, -0.25) is 4.79 Å². The van der Waals surface area contributed by atoms with Crippen molar-refractivity contribution in [3.05, 3.63) is 17.9 Å². The van der Waals surface area contributed by atoms with Gasteiger partial charge in [-0.2, -0.15) is 0 Å². The summed E-state index contributed by atoms with van der Waals surface area (Å²) < 4.78 is 30.1. The molecule has 0 radical (unpaired) electrons. The van der Waals surface area contributed by atoms with E-state index in [1.54, 1.807) is 6.07 Å². The fraction of sp³-hybridized carbons (Fsp3) is 0.615. The SMILES string of the molecule is CN(C)S(=O)(=O)c1ccc(CNCCC(=O)NC2CC2)o1. The van der Waals surface area contributed by atoms with Gasteiger partial charge in [0.15, 0.2) is 0 Å². The van der Waals surface area contributed by atoms with E-state index in [0.29, 0.717) is 31.3 Å². The molecule has 0 atom stereocenters. The number of furan rings is 1. The average Bonchev–Trinajstić information content (AvgIpc) is 3.08. The quantitative estimate of drug-likeness (QED) is 0.673. The van der Waals surface area contributed by atoms with Crippen LogP contribution in [0.1, 0.15) is 25.0 Å². The summed E-state index contributed by atoms with van der Waals surface area (Å²) in [7, 11) is -0.627. The van der Waals surface area contributed by atoms with Crippen LogP contribution in [0.2, 0.25) is 0 Å². The van der Waals surface area contributed by atoms with E-state index in [1.807, 2.05) is 0 Å². The van der Waals surface area contributed by atoms with Crippen LogP contribution in [0, 0.1) is 0 Å². The van der Waals surface area contributed by atoms with Crippen molar-refractivity contribution in [2.75, 3.05) is 20.6 Å². The lowest BCUT2D eigenvalue weighted by Crippen LogP contribution is -2.28. The Balaban J connectivity index is 1.74. The standard InChI is InChI=1S/C13H21N3O4S/c1-16(2)21(18,19)13-6-5-11(20-13)9-14-8-7-12(17)15-10-3-4-10/h5-6,10,14H,3-4,7-9H2,1-2H3,(H,15,17). The normalized spacial score (nSPS) is 15.4. The third kappa shape index (κ3) is 4.55. The van der Waals surface area contributed by atoms with E-state index in [-0.39, 0.29) is 11.0 Å². The summed E-state index contributed by atoms with van der Waals surface area (Å²) in [5.74, 6) is 0.568. The number of hydrogen-bond donors (Lipinski definition) is 2. The summed E-state index contributed by atoms with van der Waals surface area (Å²) in [4.78, 5) is 11.5. The third-order valence-electron chi connectivity index (χ3n) is 3.14. The molecule has 2 N–H and O–H groups in total. The second kappa shape index (κ2) is 6.59. The molecule has 1 saturated carbocycles. The van der Waals surface area contributed by atoms with Crippen LogP contribution in [0.3, 0.4) is 0 Å². The predicted octanol–water partition coefficient (Wildman–Crippen LogP) is 0.288. The van der Waals surface area contributed by atoms with E-state index in [0.717, 1.165) is 17.1 Å². The van der Waals surface area contributed by atoms with Crippen molar-refractivity contribution >= 4 is 15.9 Å². The molecule has 21 heavy (non-hydrogen) atoms. The van der Waals surface area contributed by atoms with Crippen molar-refractivity contribution < 1.29 is 17.6 Å². The Morgan fingerprint density at radius 3 is 2.71 bits per heavy atom. The highest BCUT2D eigenvalue weighted by Gasteiger charge is 2.23. The van der Waals surface area contributed by atoms with Crippen LogP contribution in [0.4, 0.5) is 0 Å². The van der Waals surface area contributed by atoms with Crippen LogP contribution >= 0.6 is 0 Å². The van der Waals surface area contributed by atoms with E-state index in [4.69, 9.17) is 4.42 Å². The zero-order chi connectivity index (χ0) is 15.5. The second-order valence-corrected chi connectivity index (χ2v) is 7.36. The fourth-order valence-corrected chi connectivity index (χ4v) is 2.53. The van der Waals surface area contributed by atoms with Gasteiger partial charge in [-0.1, -0.05) is 0 Å². The predicted molar refractivity (Wildman–Crippen MR) is 77.1 cm³/mol. The van der Waals surface area contributed by atoms with Crippen LogP contribution in [-0.4, -0.2) is 45.3 Å². The largest absolute Gasteiger partial charge is 0.447 e. The van der Waals surface area contributed by atoms with Gasteiger partial charge >= 0.3 is 0 Å². The summed E-state index contributed by atoms with van der Waals surface area (Å²) in [6.07, 6.45) is 2.56. The summed E-state index contributed by atoms with van der Waals surface area (Å²) in [6.45, 7) is 0.911. The van der Waals surface area contributed by atoms with Crippen LogP contribution in [0.25, 0.3) is 0 Å². The van der Waals surface area contributed by atoms with Gasteiger partial charge in [0.05, 0.1) is 6.54 Å². The van der Waals surface area contributed by atoms with Crippen molar-refractivity contribution in [2.45, 2.75) is 36.9 Å². The first-order valence-electron chi connectivity index (χ1n) is 6.91. The molecular weight excluding hydrogens is 294 g/mol. The summed E-state index contributed by atoms with van der Waals surface area (Å²) >= 11 is 0. The van der Waals surface area contributed by atoms with Crippen LogP contribution < -0.4 is 10.6 Å². The van der Waals surface area contributed by atoms with Crippen LogP contribution in [0.15, 0.2) is 21.6 Å². The van der Waals surface area contributed by atoms with E-state index in [1.165, 1.54) is 20.2 Å². The highest BCUT2D eigenvalue weighted by Crippen LogP contribution is 2.18. The molecule has 0 aliphatic heterocycles. The lowest BCUT2D eigenvalue weighted by atomic mass is 10.3. The molecule has 1 aromatic rings. The summed E-state index contributed by atoms with van der Waals surface area (Å²) in [5, 5.41) is 5.89. The molecule has 0 saturated heterocycles. The topological polar surface area (TPSA) is 91.7 Å². The van der Waals surface area contributed by atoms with Crippen molar-refractivity contribution in [3.63, 3.8) is 0 Å². The summed E-state index contributed by atoms with van der Waals surface area (Å²) in [5.41, 5.74) is 0. The first-order chi connectivity index (χ1) is 9.89. The van der Waals surface area contributed by atoms with Crippen LogP contribution in [0.5, 0.6) is 0 Å². The minimum absolute atomic E-state index is 0.0420. The average molecular weight is 315 g/mol. The van der Waals surface area contributed by atoms with Crippen LogP contribution in [-0.2, 0) is 21.4 Å². The molecule has 0 spiro atoms. The Morgan fingerprint density at radius 1 is 1.38 bits per heavy atom. The number of carbonyl (C=O) groups excluding carboxylic acids is 1. The molecule has 7 nitrogen and oxygen atoms in total. The van der Waals surface area contributed by atoms with E-state index in [9.17, 15) is 13.2 Å². The molecule has 1 aliphatic rings. The molecule has 1 heterocycles. The third-order valence-corrected chi connectivity index (χ3v) is 4.83. The number of amides is 1. The monoisotopic (exact) mass is 315 g/mol. The Kier molecular flexibility index (Phi) is 5.02. The number of nitrogens with one attached hydrogen (secondary N) is 2. The zero-order valence-corrected chi connectivity index (χ0v) is 13.1. The molecule has 2 rings (SSSR count). The highest BCUT2D eigenvalue weighted by molar-refractivity contribution is 7.88. The van der Waals surface area contributed by atoms with Crippen molar-refractivity contribution in [1.29, 1.82) is 0 Å². The first kappa shape index (κ1) is 16.0. The Hall–Kier alpha value is -1.38. The number of carbonyl (C=O) groups is 1. The maximum absolute atomic E-state index is 11.8. The molecule has 0 aromatic carbocycles. The van der Waals surface area contributed by atoms with Gasteiger partial charge in [0.1, 0.15) is 5.76 Å². The number of nitrogens with zero attached hydrogens (tertiary/aromatic N) is 1. The highest BCUT2D eigenvalue weighted by atomic mass is 32.2. The molecular formula is C13H21N3O4S. The lowest BCUT2D eigenvalue weighted by Gasteiger charge is -2.08. The van der Waals surface area contributed by atoms with Crippen molar-refractivity contribution in [1.82, 2.24) is 14.9 Å². The van der Waals surface area contributed by atoms with Gasteiger partial charge in [-0.25, -0.2) is 12.7 Å². The number of hydrogen-bond acceptors (Lipinski definition) is 5. The minimum Gasteiger partial charge on any atom is -0.447 e. The molecule has 1 aliphatic carbocycles. The van der Waals surface area contributed by atoms with E-state index < -0.39 is 10.0 Å². The van der Waals surface area contributed by atoms with Gasteiger partial charge in [0.2, 0.25) is 11.0 Å². The molecule has 118 valence electrons. The maximum Gasteiger partial charge on any atom is 0.275 e. The minimum atomic E-state index is -3.53. The number of sulfonamides is 1. The second-order valence-electron chi connectivity index (χ2n) is 5.28. The molecule has 0 bridgehead atoms. The molecule has 8 heteroatoms. The maximum atomic E-state index is 11.8. The molecule has 1 aromatic heterocycles. The van der Waals surface area contributed by atoms with E-state index in [2.05, 4.69) is 10.6 Å². The van der Waals surface area contributed by atoms with E-state index >= 15 is 0 Å². The Morgan fingerprint density at radius 2 is 2.10 bits per heavy atom. The first-order valence-corrected chi connectivity index (χ1v) is 8.35. The fourth-order valence-electron chi connectivity index (χ4n) is 1.71. The van der Waals surface area contributed by atoms with Gasteiger partial charge < -0.3 is 15.1 Å². The molecule has 1 fully saturated rings. The smallest absolute Gasteiger partial charge is 0.275 e. The van der Waals surface area contributed by atoms with Gasteiger partial charge in [0.25, 0.3) is 10.0 Å². The lowest BCUT2D eigenvalue weighted by molar-refractivity contribution is -0.121. The Labute approximate surface area is 124 Å². The van der Waals surface area contributed by atoms with Gasteiger partial charge in [0, 0.05) is 33.1 Å². The van der Waals surface area contributed by atoms with Crippen molar-refractivity contribution in [2.24, 2.45) is 0 Å². The molecule has 0 unspecified atom stereocenters. The summed E-state index contributed by atoms with van der Waals surface area (Å²) in [6, 6.07) is 3.43. The van der Waals surface area contributed by atoms with Crippen molar-refractivity contribution in [3.8, 4) is 0 Å². The Bertz CT molecular complexity index is 590. The number of rotatable bonds is 8. The molecule has 1 amide bonds.